The van der Waals surface area contributed by atoms with E-state index in [0.29, 0.717) is 0 Å². The van der Waals surface area contributed by atoms with Crippen LogP contribution in [0.15, 0.2) is 57.7 Å². The van der Waals surface area contributed by atoms with E-state index in [0.717, 1.165) is 43.3 Å². The van der Waals surface area contributed by atoms with Crippen LogP contribution in [0.2, 0.25) is 0 Å². The first-order valence-corrected chi connectivity index (χ1v) is 13.4. The summed E-state index contributed by atoms with van der Waals surface area (Å²) < 4.78 is 28.1. The molecule has 2 aromatic rings. The van der Waals surface area contributed by atoms with Gasteiger partial charge in [-0.3, -0.25) is 9.59 Å². The number of phenolic OH excluding ortho intramolecular Hbond substituents is 6. The van der Waals surface area contributed by atoms with Gasteiger partial charge in [0.15, 0.2) is 51.8 Å². The fourth-order valence-corrected chi connectivity index (χ4v) is 4.64. The van der Waals surface area contributed by atoms with Crippen molar-refractivity contribution in [1.82, 2.24) is 0 Å². The molecule has 16 nitrogen and oxygen atoms in total. The van der Waals surface area contributed by atoms with Crippen molar-refractivity contribution in [3.05, 3.63) is 64.3 Å². The summed E-state index contributed by atoms with van der Waals surface area (Å²) in [5.74, 6) is -6.46. The molecule has 0 amide bonds. The quantitative estimate of drug-likeness (QED) is 0.0792. The zero-order valence-corrected chi connectivity index (χ0v) is 23.6. The number of phenols is 6. The second-order valence-electron chi connectivity index (χ2n) is 10.2. The highest BCUT2D eigenvalue weighted by atomic mass is 16.7. The Hall–Kier alpha value is -5.71. The first-order chi connectivity index (χ1) is 21.7. The van der Waals surface area contributed by atoms with E-state index in [1.165, 1.54) is 12.1 Å². The lowest BCUT2D eigenvalue weighted by Crippen LogP contribution is -2.61. The van der Waals surface area contributed by atoms with Crippen molar-refractivity contribution < 1.29 is 73.8 Å². The minimum absolute atomic E-state index is 0.0314. The van der Waals surface area contributed by atoms with Crippen LogP contribution < -0.4 is 10.2 Å². The van der Waals surface area contributed by atoms with Crippen LogP contribution >= 0.6 is 0 Å². The molecule has 0 radical (unpaired) electrons. The van der Waals surface area contributed by atoms with Crippen LogP contribution in [0.4, 0.5) is 0 Å². The Balaban J connectivity index is 1.60. The molecule has 5 atom stereocenters. The number of fused-ring (bicyclic) bond motifs is 1. The highest BCUT2D eigenvalue weighted by Gasteiger charge is 2.53. The lowest BCUT2D eigenvalue weighted by molar-refractivity contribution is -0.275. The maximum Gasteiger partial charge on any atom is 0.518 e. The zero-order chi connectivity index (χ0) is 33.4. The van der Waals surface area contributed by atoms with E-state index in [4.69, 9.17) is 23.4 Å². The molecule has 0 spiro atoms. The van der Waals surface area contributed by atoms with Gasteiger partial charge in [-0.2, -0.15) is 0 Å². The molecule has 5 rings (SSSR count). The predicted octanol–water partition coefficient (Wildman–Crippen LogP) is 0.970. The number of aliphatic hydroxyl groups is 2. The first-order valence-electron chi connectivity index (χ1n) is 13.4. The molecule has 46 heavy (non-hydrogen) atoms. The van der Waals surface area contributed by atoms with Gasteiger partial charge in [0.25, 0.3) is 12.4 Å². The molecule has 3 aliphatic rings. The second kappa shape index (κ2) is 12.4. The van der Waals surface area contributed by atoms with Gasteiger partial charge < -0.3 is 69.0 Å². The molecule has 0 unspecified atom stereocenters. The highest BCUT2D eigenvalue weighted by molar-refractivity contribution is 5.92. The summed E-state index contributed by atoms with van der Waals surface area (Å²) in [7, 11) is 0. The third-order valence-electron chi connectivity index (χ3n) is 6.95. The SMILES string of the molecule is CC(=O)OC[C@H]1O[C@@H](Oc2cc3c(O)cc(=O)cc-3oc2-c2ccc(O)c(O)c2)[C@H](OC(=[OH+])c2cc(O)c(O)c(O)c2)[C@@H](O)[C@H]1O. The average Bonchev–Trinajstić information content (AvgIpc) is 2.99. The van der Waals surface area contributed by atoms with Crippen LogP contribution in [0.3, 0.4) is 0 Å². The van der Waals surface area contributed by atoms with Crippen molar-refractivity contribution in [2.24, 2.45) is 0 Å². The third kappa shape index (κ3) is 6.25. The molecule has 9 N–H and O–H groups in total. The Morgan fingerprint density at radius 1 is 0.870 bits per heavy atom. The molecule has 1 saturated heterocycles. The fraction of sp³-hybridized carbons (Fsp3) is 0.233. The van der Waals surface area contributed by atoms with Gasteiger partial charge in [-0.25, -0.2) is 0 Å². The maximum absolute atomic E-state index is 12.1. The molecule has 0 aromatic heterocycles. The van der Waals surface area contributed by atoms with Gasteiger partial charge in [0, 0.05) is 36.8 Å². The van der Waals surface area contributed by atoms with Gasteiger partial charge >= 0.3 is 11.9 Å². The van der Waals surface area contributed by atoms with Crippen LogP contribution in [-0.4, -0.2) is 94.9 Å². The van der Waals surface area contributed by atoms with Crippen molar-refractivity contribution in [2.75, 3.05) is 6.61 Å². The zero-order valence-electron chi connectivity index (χ0n) is 23.6. The van der Waals surface area contributed by atoms with E-state index < -0.39 is 89.2 Å². The van der Waals surface area contributed by atoms with Crippen molar-refractivity contribution >= 4 is 11.9 Å². The van der Waals surface area contributed by atoms with Gasteiger partial charge in [0.05, 0.1) is 5.56 Å². The van der Waals surface area contributed by atoms with Crippen molar-refractivity contribution in [3.8, 4) is 62.9 Å². The Morgan fingerprint density at radius 3 is 2.22 bits per heavy atom. The summed E-state index contributed by atoms with van der Waals surface area (Å²) in [4.78, 5) is 34.2. The van der Waals surface area contributed by atoms with Crippen molar-refractivity contribution in [2.45, 2.75) is 37.6 Å². The normalized spacial score (nSPS) is 21.1. The van der Waals surface area contributed by atoms with Gasteiger partial charge in [-0.15, -0.1) is 0 Å². The molecule has 1 fully saturated rings. The minimum atomic E-state index is -1.93. The standard InChI is InChI=1S/C30H26O16/c1-11(31)42-10-23-25(39)26(40)28(46-29(41)13-5-19(36)24(38)20(37)6-13)30(45-23)44-22-9-15-17(34)7-14(32)8-21(15)43-27(22)12-2-3-16(33)18(35)4-12/h2-9,23,25-26,28,30,33-40H,10H2,1H3/p+1/t23-,25+,26+,28-,30-/m1/s1. The number of carbonyl (C=O) groups is 1. The number of hydrogen-bond acceptors (Lipinski definition) is 15. The molecule has 16 heteroatoms. The molecule has 2 heterocycles. The molecule has 2 aliphatic heterocycles. The number of rotatable bonds is 7. The Bertz CT molecular complexity index is 1810. The van der Waals surface area contributed by atoms with Crippen molar-refractivity contribution in [1.29, 1.82) is 0 Å². The summed E-state index contributed by atoms with van der Waals surface area (Å²) in [6, 6.07) is 8.36. The fourth-order valence-electron chi connectivity index (χ4n) is 4.64. The molecule has 2 aromatic carbocycles. The lowest BCUT2D eigenvalue weighted by atomic mass is 9.98. The monoisotopic (exact) mass is 643 g/mol. The topological polar surface area (TPSA) is 267 Å². The summed E-state index contributed by atoms with van der Waals surface area (Å²) in [6.07, 6.45) is -8.79. The number of aromatic hydroxyl groups is 6. The van der Waals surface area contributed by atoms with Gasteiger partial charge in [0.1, 0.15) is 35.9 Å². The second-order valence-corrected chi connectivity index (χ2v) is 10.2. The Labute approximate surface area is 257 Å². The Kier molecular flexibility index (Phi) is 8.51. The summed E-state index contributed by atoms with van der Waals surface area (Å²) in [5, 5.41) is 81.6. The van der Waals surface area contributed by atoms with E-state index >= 15 is 0 Å². The van der Waals surface area contributed by atoms with E-state index in [-0.39, 0.29) is 34.0 Å². The number of carbonyl (C=O) groups excluding carboxylic acids is 2. The number of aliphatic hydroxyl groups excluding tert-OH is 2. The van der Waals surface area contributed by atoms with Crippen LogP contribution in [0, 0.1) is 0 Å². The van der Waals surface area contributed by atoms with E-state index in [1.54, 1.807) is 0 Å². The molecular formula is C30H27O16+. The van der Waals surface area contributed by atoms with E-state index in [1.807, 2.05) is 0 Å². The number of benzene rings is 3. The molecule has 1 aliphatic carbocycles. The van der Waals surface area contributed by atoms with E-state index in [9.17, 15) is 55.2 Å². The number of ether oxygens (including phenoxy) is 4. The van der Waals surface area contributed by atoms with Crippen LogP contribution in [-0.2, 0) is 19.0 Å². The smallest absolute Gasteiger partial charge is 0.507 e. The molecule has 0 saturated carbocycles. The largest absolute Gasteiger partial charge is 0.518 e. The molecule has 0 bridgehead atoms. The van der Waals surface area contributed by atoms with Crippen LogP contribution in [0.5, 0.6) is 40.2 Å². The van der Waals surface area contributed by atoms with Crippen molar-refractivity contribution in [3.63, 3.8) is 0 Å². The Morgan fingerprint density at radius 2 is 1.57 bits per heavy atom. The number of esters is 2. The van der Waals surface area contributed by atoms with Gasteiger partial charge in [-0.1, -0.05) is 0 Å². The van der Waals surface area contributed by atoms with E-state index in [2.05, 4.69) is 0 Å². The minimum Gasteiger partial charge on any atom is -0.507 e. The summed E-state index contributed by atoms with van der Waals surface area (Å²) in [6.45, 7) is 0.528. The van der Waals surface area contributed by atoms with Gasteiger partial charge in [0.2, 0.25) is 0 Å². The van der Waals surface area contributed by atoms with Crippen LogP contribution in [0.1, 0.15) is 12.5 Å². The molecule has 242 valence electrons. The first kappa shape index (κ1) is 31.7. The summed E-state index contributed by atoms with van der Waals surface area (Å²) >= 11 is 0. The molecular weight excluding hydrogens is 616 g/mol. The van der Waals surface area contributed by atoms with Crippen LogP contribution in [0.25, 0.3) is 22.6 Å². The predicted molar refractivity (Wildman–Crippen MR) is 152 cm³/mol. The highest BCUT2D eigenvalue weighted by Crippen LogP contribution is 2.43. The average molecular weight is 644 g/mol. The number of hydrogen-bond donors (Lipinski definition) is 8. The third-order valence-corrected chi connectivity index (χ3v) is 6.95. The lowest BCUT2D eigenvalue weighted by Gasteiger charge is -2.38. The maximum atomic E-state index is 12.1. The summed E-state index contributed by atoms with van der Waals surface area (Å²) in [5.41, 5.74) is -0.933. The van der Waals surface area contributed by atoms with Gasteiger partial charge in [-0.05, 0) is 24.3 Å².